The van der Waals surface area contributed by atoms with Gasteiger partial charge in [0.15, 0.2) is 0 Å². The molecule has 2 amide bonds. The molecule has 0 saturated heterocycles. The quantitative estimate of drug-likeness (QED) is 0.738. The monoisotopic (exact) mass is 396 g/mol. The van der Waals surface area contributed by atoms with Crippen LogP contribution in [0.2, 0.25) is 0 Å². The fraction of sp³-hybridized carbons (Fsp3) is 0.300. The molecular formula is C20H20N4O3S. The van der Waals surface area contributed by atoms with Crippen molar-refractivity contribution in [3.8, 4) is 0 Å². The second kappa shape index (κ2) is 6.87. The summed E-state index contributed by atoms with van der Waals surface area (Å²) in [4.78, 5) is 44.6. The molecule has 7 nitrogen and oxygen atoms in total. The normalized spacial score (nSPS) is 13.0. The molecule has 3 heterocycles. The second-order valence-corrected chi connectivity index (χ2v) is 8.16. The summed E-state index contributed by atoms with van der Waals surface area (Å²) >= 11 is 1.48. The highest BCUT2D eigenvalue weighted by Gasteiger charge is 2.22. The van der Waals surface area contributed by atoms with Crippen molar-refractivity contribution in [3.05, 3.63) is 50.9 Å². The highest BCUT2D eigenvalue weighted by atomic mass is 32.1. The lowest BCUT2D eigenvalue weighted by Gasteiger charge is -2.15. The molecule has 144 valence electrons. The van der Waals surface area contributed by atoms with E-state index in [9.17, 15) is 14.4 Å². The van der Waals surface area contributed by atoms with Crippen LogP contribution in [0.15, 0.2) is 29.3 Å². The third-order valence-corrected chi connectivity index (χ3v) is 6.22. The average molecular weight is 396 g/mol. The minimum Gasteiger partial charge on any atom is -0.325 e. The number of carbonyl (C=O) groups is 2. The third-order valence-electron chi connectivity index (χ3n) is 5.11. The van der Waals surface area contributed by atoms with E-state index in [1.165, 1.54) is 22.2 Å². The van der Waals surface area contributed by atoms with Gasteiger partial charge in [0, 0.05) is 29.7 Å². The fourth-order valence-electron chi connectivity index (χ4n) is 3.54. The molecule has 8 heteroatoms. The van der Waals surface area contributed by atoms with Gasteiger partial charge in [-0.1, -0.05) is 0 Å². The largest absolute Gasteiger partial charge is 0.325 e. The average Bonchev–Trinajstić information content (AvgIpc) is 3.19. The molecule has 0 bridgehead atoms. The van der Waals surface area contributed by atoms with E-state index in [4.69, 9.17) is 0 Å². The summed E-state index contributed by atoms with van der Waals surface area (Å²) in [5.41, 5.74) is 3.28. The Balaban J connectivity index is 1.53. The van der Waals surface area contributed by atoms with E-state index in [1.54, 1.807) is 17.9 Å². The number of thiophene rings is 1. The van der Waals surface area contributed by atoms with Crippen molar-refractivity contribution in [1.82, 2.24) is 9.55 Å². The van der Waals surface area contributed by atoms with Crippen molar-refractivity contribution in [3.63, 3.8) is 0 Å². The summed E-state index contributed by atoms with van der Waals surface area (Å²) in [6, 6.07) is 5.50. The number of nitrogens with zero attached hydrogens (tertiary/aromatic N) is 3. The maximum atomic E-state index is 12.7. The Morgan fingerprint density at radius 1 is 1.29 bits per heavy atom. The van der Waals surface area contributed by atoms with Gasteiger partial charge in [-0.2, -0.15) is 0 Å². The standard InChI is InChI=1S/C20H20N4O3S/c1-11-12(2)28-19-18(11)20(27)23(10-21-19)9-17(26)22-15-4-5-16-14(8-15)6-7-24(16)13(3)25/h4-5,8,10H,6-7,9H2,1-3H3,(H,22,26). The number of hydrogen-bond acceptors (Lipinski definition) is 5. The number of fused-ring (bicyclic) bond motifs is 2. The van der Waals surface area contributed by atoms with Crippen molar-refractivity contribution in [2.75, 3.05) is 16.8 Å². The first kappa shape index (κ1) is 18.4. The van der Waals surface area contributed by atoms with Crippen LogP contribution in [-0.4, -0.2) is 27.9 Å². The van der Waals surface area contributed by atoms with Crippen LogP contribution in [0, 0.1) is 13.8 Å². The number of amides is 2. The summed E-state index contributed by atoms with van der Waals surface area (Å²) in [6.07, 6.45) is 2.18. The number of aromatic nitrogens is 2. The van der Waals surface area contributed by atoms with Crippen LogP contribution in [0.25, 0.3) is 10.2 Å². The number of anilines is 2. The van der Waals surface area contributed by atoms with Gasteiger partial charge in [-0.05, 0) is 49.6 Å². The first-order valence-electron chi connectivity index (χ1n) is 9.01. The molecule has 0 spiro atoms. The number of carbonyl (C=O) groups excluding carboxylic acids is 2. The van der Waals surface area contributed by atoms with Crippen LogP contribution in [0.1, 0.15) is 22.9 Å². The summed E-state index contributed by atoms with van der Waals surface area (Å²) < 4.78 is 1.33. The van der Waals surface area contributed by atoms with E-state index in [1.807, 2.05) is 26.0 Å². The van der Waals surface area contributed by atoms with Crippen LogP contribution in [0.3, 0.4) is 0 Å². The Morgan fingerprint density at radius 2 is 2.07 bits per heavy atom. The molecule has 0 fully saturated rings. The van der Waals surface area contributed by atoms with E-state index in [0.29, 0.717) is 22.4 Å². The molecule has 28 heavy (non-hydrogen) atoms. The Kier molecular flexibility index (Phi) is 4.50. The summed E-state index contributed by atoms with van der Waals surface area (Å²) in [5.74, 6) is -0.286. The lowest BCUT2D eigenvalue weighted by molar-refractivity contribution is -0.117. The highest BCUT2D eigenvalue weighted by Crippen LogP contribution is 2.30. The molecule has 0 radical (unpaired) electrons. The van der Waals surface area contributed by atoms with Crippen LogP contribution < -0.4 is 15.8 Å². The van der Waals surface area contributed by atoms with E-state index >= 15 is 0 Å². The van der Waals surface area contributed by atoms with E-state index < -0.39 is 0 Å². The first-order valence-corrected chi connectivity index (χ1v) is 9.83. The maximum Gasteiger partial charge on any atom is 0.262 e. The van der Waals surface area contributed by atoms with Gasteiger partial charge in [-0.15, -0.1) is 11.3 Å². The van der Waals surface area contributed by atoms with Crippen LogP contribution in [-0.2, 0) is 22.6 Å². The van der Waals surface area contributed by atoms with E-state index in [2.05, 4.69) is 10.3 Å². The summed E-state index contributed by atoms with van der Waals surface area (Å²) in [7, 11) is 0. The zero-order chi connectivity index (χ0) is 20.0. The maximum absolute atomic E-state index is 12.7. The van der Waals surface area contributed by atoms with Crippen LogP contribution in [0.5, 0.6) is 0 Å². The number of benzene rings is 1. The predicted molar refractivity (Wildman–Crippen MR) is 110 cm³/mol. The minimum atomic E-state index is -0.297. The summed E-state index contributed by atoms with van der Waals surface area (Å²) in [5, 5.41) is 3.42. The number of hydrogen-bond donors (Lipinski definition) is 1. The van der Waals surface area contributed by atoms with Gasteiger partial charge in [0.05, 0.1) is 11.7 Å². The molecule has 1 aliphatic heterocycles. The first-order chi connectivity index (χ1) is 13.3. The van der Waals surface area contributed by atoms with Crippen LogP contribution >= 0.6 is 11.3 Å². The molecule has 4 rings (SSSR count). The van der Waals surface area contributed by atoms with E-state index in [-0.39, 0.29) is 23.9 Å². The molecule has 0 aliphatic carbocycles. The zero-order valence-corrected chi connectivity index (χ0v) is 16.7. The lowest BCUT2D eigenvalue weighted by Crippen LogP contribution is -2.28. The molecule has 0 unspecified atom stereocenters. The van der Waals surface area contributed by atoms with Gasteiger partial charge in [0.25, 0.3) is 5.56 Å². The van der Waals surface area contributed by atoms with Gasteiger partial charge in [-0.25, -0.2) is 4.98 Å². The Hall–Kier alpha value is -3.00. The predicted octanol–water partition coefficient (Wildman–Crippen LogP) is 2.62. The number of nitrogens with one attached hydrogen (secondary N) is 1. The highest BCUT2D eigenvalue weighted by molar-refractivity contribution is 7.18. The Labute approximate surface area is 165 Å². The molecule has 3 aromatic rings. The molecule has 2 aromatic heterocycles. The second-order valence-electron chi connectivity index (χ2n) is 6.95. The Morgan fingerprint density at radius 3 is 2.82 bits per heavy atom. The van der Waals surface area contributed by atoms with Gasteiger partial charge < -0.3 is 10.2 Å². The smallest absolute Gasteiger partial charge is 0.262 e. The fourth-order valence-corrected chi connectivity index (χ4v) is 4.53. The number of aryl methyl sites for hydroxylation is 2. The Bertz CT molecular complexity index is 1180. The minimum absolute atomic E-state index is 0.0109. The van der Waals surface area contributed by atoms with Crippen molar-refractivity contribution in [1.29, 1.82) is 0 Å². The summed E-state index contributed by atoms with van der Waals surface area (Å²) in [6.45, 7) is 5.95. The lowest BCUT2D eigenvalue weighted by atomic mass is 10.1. The molecule has 1 N–H and O–H groups in total. The van der Waals surface area contributed by atoms with Gasteiger partial charge in [0.1, 0.15) is 11.4 Å². The van der Waals surface area contributed by atoms with Crippen LogP contribution in [0.4, 0.5) is 11.4 Å². The van der Waals surface area contributed by atoms with Crippen molar-refractivity contribution in [2.24, 2.45) is 0 Å². The molecule has 1 aromatic carbocycles. The van der Waals surface area contributed by atoms with Gasteiger partial charge >= 0.3 is 0 Å². The van der Waals surface area contributed by atoms with Crippen molar-refractivity contribution in [2.45, 2.75) is 33.7 Å². The third kappa shape index (κ3) is 3.09. The molecule has 0 atom stereocenters. The van der Waals surface area contributed by atoms with E-state index in [0.717, 1.165) is 28.1 Å². The van der Waals surface area contributed by atoms with Crippen molar-refractivity contribution < 1.29 is 9.59 Å². The van der Waals surface area contributed by atoms with Gasteiger partial charge in [-0.3, -0.25) is 19.0 Å². The molecular weight excluding hydrogens is 376 g/mol. The zero-order valence-electron chi connectivity index (χ0n) is 15.9. The van der Waals surface area contributed by atoms with Crippen molar-refractivity contribution >= 4 is 44.7 Å². The molecule has 1 aliphatic rings. The number of rotatable bonds is 3. The topological polar surface area (TPSA) is 84.3 Å². The SMILES string of the molecule is CC(=O)N1CCc2cc(NC(=O)Cn3cnc4sc(C)c(C)c4c3=O)ccc21. The van der Waals surface area contributed by atoms with Gasteiger partial charge in [0.2, 0.25) is 11.8 Å². The molecule has 0 saturated carbocycles.